The van der Waals surface area contributed by atoms with Gasteiger partial charge in [0, 0.05) is 17.2 Å². The van der Waals surface area contributed by atoms with Crippen LogP contribution in [0.2, 0.25) is 0 Å². The number of thioether (sulfide) groups is 1. The molecule has 1 N–H and O–H groups in total. The van der Waals surface area contributed by atoms with Gasteiger partial charge in [-0.1, -0.05) is 24.3 Å². The minimum atomic E-state index is -0.301. The second-order valence-corrected chi connectivity index (χ2v) is 7.76. The molecule has 4 nitrogen and oxygen atoms in total. The number of ether oxygens (including phenoxy) is 1. The molecule has 2 atom stereocenters. The number of amides is 2. The summed E-state index contributed by atoms with van der Waals surface area (Å²) in [6.07, 6.45) is 0.482. The summed E-state index contributed by atoms with van der Waals surface area (Å²) < 4.78 is 32.9. The van der Waals surface area contributed by atoms with Crippen LogP contribution in [0.15, 0.2) is 47.4 Å². The van der Waals surface area contributed by atoms with Gasteiger partial charge in [-0.05, 0) is 35.7 Å². The van der Waals surface area contributed by atoms with Gasteiger partial charge in [-0.15, -0.1) is 11.8 Å². The lowest BCUT2D eigenvalue weighted by Gasteiger charge is -2.35. The molecule has 2 aliphatic heterocycles. The minimum absolute atomic E-state index is 0.183. The molecule has 2 aliphatic rings. The molecule has 0 saturated carbocycles. The fraction of sp³-hybridized carbons (Fsp3) is 0.350. The summed E-state index contributed by atoms with van der Waals surface area (Å²) in [6.45, 7) is 1.30. The van der Waals surface area contributed by atoms with Crippen molar-refractivity contribution in [2.75, 3.05) is 25.4 Å². The van der Waals surface area contributed by atoms with Gasteiger partial charge in [0.1, 0.15) is 17.7 Å². The van der Waals surface area contributed by atoms with Gasteiger partial charge >= 0.3 is 6.03 Å². The Morgan fingerprint density at radius 1 is 1.19 bits per heavy atom. The van der Waals surface area contributed by atoms with Crippen molar-refractivity contribution in [2.45, 2.75) is 23.5 Å². The number of rotatable bonds is 2. The standard InChI is InChI=1S/C20H20F2N2O2S/c21-14-6-4-13(5-7-14)18-12-24(9-10-26-18)20(25)23-17-8-11-27-19-15(17)2-1-3-16(19)22/h1-7,17-18H,8-12H2,(H,23,25). The molecule has 2 amide bonds. The van der Waals surface area contributed by atoms with Gasteiger partial charge in [0.15, 0.2) is 0 Å². The highest BCUT2D eigenvalue weighted by atomic mass is 32.2. The molecule has 0 aliphatic carbocycles. The normalized spacial score (nSPS) is 22.2. The maximum atomic E-state index is 14.0. The van der Waals surface area contributed by atoms with Gasteiger partial charge in [0.25, 0.3) is 0 Å². The third kappa shape index (κ3) is 3.94. The lowest BCUT2D eigenvalue weighted by atomic mass is 10.0. The van der Waals surface area contributed by atoms with E-state index in [1.165, 1.54) is 30.0 Å². The lowest BCUT2D eigenvalue weighted by Crippen LogP contribution is -2.48. The molecule has 1 fully saturated rings. The molecule has 27 heavy (non-hydrogen) atoms. The highest BCUT2D eigenvalue weighted by Gasteiger charge is 2.29. The van der Waals surface area contributed by atoms with Gasteiger partial charge in [-0.3, -0.25) is 0 Å². The van der Waals surface area contributed by atoms with Gasteiger partial charge in [0.2, 0.25) is 0 Å². The zero-order valence-electron chi connectivity index (χ0n) is 14.7. The first kappa shape index (κ1) is 18.3. The fourth-order valence-electron chi connectivity index (χ4n) is 3.49. The third-order valence-corrected chi connectivity index (χ3v) is 6.08. The molecule has 0 spiro atoms. The monoisotopic (exact) mass is 390 g/mol. The Hall–Kier alpha value is -2.12. The molecule has 2 aromatic rings. The zero-order valence-corrected chi connectivity index (χ0v) is 15.5. The zero-order chi connectivity index (χ0) is 18.8. The van der Waals surface area contributed by atoms with E-state index < -0.39 is 0 Å². The first-order valence-corrected chi connectivity index (χ1v) is 9.94. The van der Waals surface area contributed by atoms with Crippen LogP contribution in [0.3, 0.4) is 0 Å². The fourth-order valence-corrected chi connectivity index (χ4v) is 4.63. The number of fused-ring (bicyclic) bond motifs is 1. The molecular formula is C20H20F2N2O2S. The van der Waals surface area contributed by atoms with Gasteiger partial charge < -0.3 is 15.0 Å². The van der Waals surface area contributed by atoms with Crippen molar-refractivity contribution < 1.29 is 18.3 Å². The summed E-state index contributed by atoms with van der Waals surface area (Å²) >= 11 is 1.49. The molecule has 0 aromatic heterocycles. The van der Waals surface area contributed by atoms with Crippen molar-refractivity contribution in [3.8, 4) is 0 Å². The van der Waals surface area contributed by atoms with E-state index in [4.69, 9.17) is 4.74 Å². The largest absolute Gasteiger partial charge is 0.370 e. The summed E-state index contributed by atoms with van der Waals surface area (Å²) in [5.74, 6) is 0.227. The van der Waals surface area contributed by atoms with Gasteiger partial charge in [-0.25, -0.2) is 13.6 Å². The second kappa shape index (κ2) is 7.86. The van der Waals surface area contributed by atoms with Crippen LogP contribution >= 0.6 is 11.8 Å². The van der Waals surface area contributed by atoms with Gasteiger partial charge in [-0.2, -0.15) is 0 Å². The summed E-state index contributed by atoms with van der Waals surface area (Å²) in [4.78, 5) is 15.1. The number of hydrogen-bond donors (Lipinski definition) is 1. The van der Waals surface area contributed by atoms with E-state index in [0.29, 0.717) is 24.6 Å². The predicted octanol–water partition coefficient (Wildman–Crippen LogP) is 4.28. The quantitative estimate of drug-likeness (QED) is 0.832. The highest BCUT2D eigenvalue weighted by molar-refractivity contribution is 7.99. The van der Waals surface area contributed by atoms with Crippen molar-refractivity contribution in [3.05, 3.63) is 65.2 Å². The Balaban J connectivity index is 1.44. The average molecular weight is 390 g/mol. The molecule has 4 rings (SSSR count). The van der Waals surface area contributed by atoms with Crippen LogP contribution in [0.1, 0.15) is 29.7 Å². The maximum absolute atomic E-state index is 14.0. The summed E-state index contributed by atoms with van der Waals surface area (Å²) in [5.41, 5.74) is 1.68. The highest BCUT2D eigenvalue weighted by Crippen LogP contribution is 2.37. The first-order valence-electron chi connectivity index (χ1n) is 8.95. The SMILES string of the molecule is O=C(NC1CCSc2c(F)cccc21)N1CCOC(c2ccc(F)cc2)C1. The molecule has 0 bridgehead atoms. The third-order valence-electron chi connectivity index (χ3n) is 4.92. The lowest BCUT2D eigenvalue weighted by molar-refractivity contribution is -0.0158. The Morgan fingerprint density at radius 2 is 2.00 bits per heavy atom. The second-order valence-electron chi connectivity index (χ2n) is 6.65. The number of urea groups is 1. The van der Waals surface area contributed by atoms with Crippen LogP contribution in [0.25, 0.3) is 0 Å². The molecule has 0 radical (unpaired) electrons. The summed E-state index contributed by atoms with van der Waals surface area (Å²) in [7, 11) is 0. The molecule has 2 heterocycles. The smallest absolute Gasteiger partial charge is 0.318 e. The first-order chi connectivity index (χ1) is 13.1. The van der Waals surface area contributed by atoms with E-state index in [1.807, 2.05) is 6.07 Å². The number of carbonyl (C=O) groups is 1. The minimum Gasteiger partial charge on any atom is -0.370 e. The number of nitrogens with one attached hydrogen (secondary N) is 1. The Kier molecular flexibility index (Phi) is 5.31. The molecule has 7 heteroatoms. The van der Waals surface area contributed by atoms with Crippen LogP contribution in [0.4, 0.5) is 13.6 Å². The Labute approximate surface area is 160 Å². The van der Waals surface area contributed by atoms with Crippen LogP contribution < -0.4 is 5.32 Å². The van der Waals surface area contributed by atoms with E-state index in [1.54, 1.807) is 23.1 Å². The molecule has 1 saturated heterocycles. The van der Waals surface area contributed by atoms with Gasteiger partial charge in [0.05, 0.1) is 19.2 Å². The van der Waals surface area contributed by atoms with E-state index in [9.17, 15) is 13.6 Å². The number of carbonyl (C=O) groups excluding carboxylic acids is 1. The number of hydrogen-bond acceptors (Lipinski definition) is 3. The predicted molar refractivity (Wildman–Crippen MR) is 99.7 cm³/mol. The van der Waals surface area contributed by atoms with Crippen molar-refractivity contribution in [1.29, 1.82) is 0 Å². The van der Waals surface area contributed by atoms with Crippen molar-refractivity contribution >= 4 is 17.8 Å². The molecule has 2 unspecified atom stereocenters. The molecule has 142 valence electrons. The Morgan fingerprint density at radius 3 is 2.81 bits per heavy atom. The Bertz CT molecular complexity index is 831. The van der Waals surface area contributed by atoms with E-state index >= 15 is 0 Å². The number of halogens is 2. The van der Waals surface area contributed by atoms with Crippen LogP contribution in [0, 0.1) is 11.6 Å². The van der Waals surface area contributed by atoms with Crippen LogP contribution in [-0.2, 0) is 4.74 Å². The number of benzene rings is 2. The molecular weight excluding hydrogens is 370 g/mol. The van der Waals surface area contributed by atoms with E-state index in [0.717, 1.165) is 23.3 Å². The van der Waals surface area contributed by atoms with Crippen molar-refractivity contribution in [2.24, 2.45) is 0 Å². The van der Waals surface area contributed by atoms with Crippen LogP contribution in [0.5, 0.6) is 0 Å². The van der Waals surface area contributed by atoms with Crippen molar-refractivity contribution in [1.82, 2.24) is 10.2 Å². The van der Waals surface area contributed by atoms with E-state index in [-0.39, 0.29) is 29.8 Å². The van der Waals surface area contributed by atoms with Crippen LogP contribution in [-0.4, -0.2) is 36.4 Å². The number of morpholine rings is 1. The average Bonchev–Trinajstić information content (AvgIpc) is 2.69. The topological polar surface area (TPSA) is 41.6 Å². The molecule has 2 aromatic carbocycles. The summed E-state index contributed by atoms with van der Waals surface area (Å²) in [6, 6.07) is 10.8. The van der Waals surface area contributed by atoms with Crippen molar-refractivity contribution in [3.63, 3.8) is 0 Å². The number of nitrogens with zero attached hydrogens (tertiary/aromatic N) is 1. The summed E-state index contributed by atoms with van der Waals surface area (Å²) in [5, 5.41) is 3.04. The van der Waals surface area contributed by atoms with E-state index in [2.05, 4.69) is 5.32 Å². The maximum Gasteiger partial charge on any atom is 0.318 e.